The molecule has 0 radical (unpaired) electrons. The fourth-order valence-corrected chi connectivity index (χ4v) is 2.84. The summed E-state index contributed by atoms with van der Waals surface area (Å²) in [5.74, 6) is 0.941. The smallest absolute Gasteiger partial charge is 0.191 e. The second-order valence-corrected chi connectivity index (χ2v) is 5.79. The van der Waals surface area contributed by atoms with E-state index >= 15 is 0 Å². The van der Waals surface area contributed by atoms with Gasteiger partial charge in [0.05, 0.1) is 0 Å². The lowest BCUT2D eigenvalue weighted by atomic mass is 9.76. The van der Waals surface area contributed by atoms with Gasteiger partial charge >= 0.3 is 0 Å². The van der Waals surface area contributed by atoms with Gasteiger partial charge in [-0.3, -0.25) is 4.99 Å². The van der Waals surface area contributed by atoms with Crippen molar-refractivity contribution in [2.24, 2.45) is 4.99 Å². The Morgan fingerprint density at radius 2 is 1.95 bits per heavy atom. The molecule has 0 bridgehead atoms. The zero-order chi connectivity index (χ0) is 14.4. The summed E-state index contributed by atoms with van der Waals surface area (Å²) >= 11 is 6.00. The first-order valence-electron chi connectivity index (χ1n) is 7.48. The van der Waals surface area contributed by atoms with Gasteiger partial charge in [0.1, 0.15) is 0 Å². The van der Waals surface area contributed by atoms with Crippen molar-refractivity contribution in [3.63, 3.8) is 0 Å². The summed E-state index contributed by atoms with van der Waals surface area (Å²) in [6.45, 7) is 7.32. The lowest BCUT2D eigenvalue weighted by Crippen LogP contribution is -2.47. The van der Waals surface area contributed by atoms with Gasteiger partial charge in [-0.1, -0.05) is 37.6 Å². The lowest BCUT2D eigenvalue weighted by Gasteiger charge is -2.33. The zero-order valence-corrected chi connectivity index (χ0v) is 13.1. The Labute approximate surface area is 126 Å². The minimum absolute atomic E-state index is 0.131. The molecule has 0 spiro atoms. The van der Waals surface area contributed by atoms with E-state index in [1.807, 2.05) is 12.1 Å². The third-order valence-electron chi connectivity index (χ3n) is 4.30. The molecule has 0 aliphatic carbocycles. The summed E-state index contributed by atoms with van der Waals surface area (Å²) in [6.07, 6.45) is 3.30. The molecule has 1 aromatic rings. The summed E-state index contributed by atoms with van der Waals surface area (Å²) < 4.78 is 0. The van der Waals surface area contributed by atoms with Crippen LogP contribution < -0.4 is 10.6 Å². The van der Waals surface area contributed by atoms with Gasteiger partial charge in [0, 0.05) is 30.1 Å². The van der Waals surface area contributed by atoms with E-state index < -0.39 is 0 Å². The van der Waals surface area contributed by atoms with E-state index in [0.717, 1.165) is 49.9 Å². The largest absolute Gasteiger partial charge is 0.356 e. The summed E-state index contributed by atoms with van der Waals surface area (Å²) in [6, 6.07) is 8.25. The number of rotatable bonds is 5. The van der Waals surface area contributed by atoms with Crippen LogP contribution in [0.5, 0.6) is 0 Å². The number of guanidine groups is 1. The molecule has 0 atom stereocenters. The minimum atomic E-state index is 0.131. The minimum Gasteiger partial charge on any atom is -0.356 e. The number of benzene rings is 1. The van der Waals surface area contributed by atoms with Crippen LogP contribution in [0.3, 0.4) is 0 Å². The molecule has 2 rings (SSSR count). The average molecular weight is 294 g/mol. The standard InChI is InChI=1S/C16H24ClN3/c1-3-16(4-2,13-6-8-14(17)9-7-13)12-20-15-18-10-5-11-19-15/h6-9H,3-5,10-12H2,1-2H3,(H2,18,19,20). The molecule has 0 aromatic heterocycles. The van der Waals surface area contributed by atoms with E-state index in [1.165, 1.54) is 5.56 Å². The van der Waals surface area contributed by atoms with Crippen LogP contribution in [-0.4, -0.2) is 25.6 Å². The second kappa shape index (κ2) is 6.98. The van der Waals surface area contributed by atoms with Crippen molar-refractivity contribution in [1.29, 1.82) is 0 Å². The van der Waals surface area contributed by atoms with Crippen LogP contribution in [-0.2, 0) is 5.41 Å². The fraction of sp³-hybridized carbons (Fsp3) is 0.562. The first kappa shape index (κ1) is 15.2. The van der Waals surface area contributed by atoms with Gasteiger partial charge in [0.15, 0.2) is 5.96 Å². The number of hydrogen-bond donors (Lipinski definition) is 2. The molecule has 1 aliphatic heterocycles. The Morgan fingerprint density at radius 1 is 1.25 bits per heavy atom. The van der Waals surface area contributed by atoms with Crippen molar-refractivity contribution >= 4 is 17.6 Å². The highest BCUT2D eigenvalue weighted by Crippen LogP contribution is 2.31. The molecule has 4 heteroatoms. The van der Waals surface area contributed by atoms with Crippen LogP contribution in [0.25, 0.3) is 0 Å². The third-order valence-corrected chi connectivity index (χ3v) is 4.55. The number of hydrogen-bond acceptors (Lipinski definition) is 3. The van der Waals surface area contributed by atoms with E-state index in [1.54, 1.807) is 0 Å². The summed E-state index contributed by atoms with van der Waals surface area (Å²) in [7, 11) is 0. The predicted octanol–water partition coefficient (Wildman–Crippen LogP) is 3.34. The first-order chi connectivity index (χ1) is 9.70. The number of halogens is 1. The maximum atomic E-state index is 6.00. The number of aliphatic imine (C=N–C) groups is 1. The molecule has 0 saturated carbocycles. The third kappa shape index (κ3) is 3.45. The SMILES string of the molecule is CCC(CC)(CNC1=NCCCN1)c1ccc(Cl)cc1. The van der Waals surface area contributed by atoms with E-state index in [9.17, 15) is 0 Å². The van der Waals surface area contributed by atoms with Gasteiger partial charge in [-0.15, -0.1) is 0 Å². The highest BCUT2D eigenvalue weighted by molar-refractivity contribution is 6.30. The molecule has 1 aliphatic rings. The van der Waals surface area contributed by atoms with Gasteiger partial charge in [-0.25, -0.2) is 0 Å². The monoisotopic (exact) mass is 293 g/mol. The van der Waals surface area contributed by atoms with Gasteiger partial charge in [-0.05, 0) is 37.0 Å². The van der Waals surface area contributed by atoms with Crippen molar-refractivity contribution < 1.29 is 0 Å². The van der Waals surface area contributed by atoms with Gasteiger partial charge in [0.2, 0.25) is 0 Å². The average Bonchev–Trinajstić information content (AvgIpc) is 2.51. The van der Waals surface area contributed by atoms with Crippen LogP contribution in [0.4, 0.5) is 0 Å². The van der Waals surface area contributed by atoms with E-state index in [2.05, 4.69) is 41.6 Å². The number of nitrogens with zero attached hydrogens (tertiary/aromatic N) is 1. The molecule has 0 amide bonds. The molecule has 1 heterocycles. The predicted molar refractivity (Wildman–Crippen MR) is 86.6 cm³/mol. The van der Waals surface area contributed by atoms with Crippen molar-refractivity contribution in [3.8, 4) is 0 Å². The zero-order valence-electron chi connectivity index (χ0n) is 12.4. The van der Waals surface area contributed by atoms with Crippen LogP contribution in [0, 0.1) is 0 Å². The molecular weight excluding hydrogens is 270 g/mol. The van der Waals surface area contributed by atoms with Crippen LogP contribution in [0.15, 0.2) is 29.3 Å². The molecule has 2 N–H and O–H groups in total. The van der Waals surface area contributed by atoms with E-state index in [0.29, 0.717) is 0 Å². The molecule has 0 fully saturated rings. The van der Waals surface area contributed by atoms with Crippen molar-refractivity contribution in [2.45, 2.75) is 38.5 Å². The molecule has 1 aromatic carbocycles. The van der Waals surface area contributed by atoms with E-state index in [-0.39, 0.29) is 5.41 Å². The van der Waals surface area contributed by atoms with Crippen molar-refractivity contribution in [3.05, 3.63) is 34.9 Å². The Kier molecular flexibility index (Phi) is 5.30. The fourth-order valence-electron chi connectivity index (χ4n) is 2.72. The van der Waals surface area contributed by atoms with Crippen molar-refractivity contribution in [2.75, 3.05) is 19.6 Å². The highest BCUT2D eigenvalue weighted by Gasteiger charge is 2.28. The highest BCUT2D eigenvalue weighted by atomic mass is 35.5. The summed E-state index contributed by atoms with van der Waals surface area (Å²) in [5.41, 5.74) is 1.47. The molecule has 0 saturated heterocycles. The van der Waals surface area contributed by atoms with Crippen LogP contribution in [0.2, 0.25) is 5.02 Å². The van der Waals surface area contributed by atoms with Crippen LogP contribution in [0.1, 0.15) is 38.7 Å². The van der Waals surface area contributed by atoms with Gasteiger partial charge in [-0.2, -0.15) is 0 Å². The normalized spacial score (nSPS) is 15.4. The number of nitrogens with one attached hydrogen (secondary N) is 2. The summed E-state index contributed by atoms with van der Waals surface area (Å²) in [5, 5.41) is 7.59. The molecule has 0 unspecified atom stereocenters. The molecular formula is C16H24ClN3. The Hall–Kier alpha value is -1.22. The first-order valence-corrected chi connectivity index (χ1v) is 7.86. The molecule has 110 valence electrons. The van der Waals surface area contributed by atoms with Gasteiger partial charge < -0.3 is 10.6 Å². The Morgan fingerprint density at radius 3 is 2.50 bits per heavy atom. The maximum Gasteiger partial charge on any atom is 0.191 e. The molecule has 3 nitrogen and oxygen atoms in total. The lowest BCUT2D eigenvalue weighted by molar-refractivity contribution is 0.389. The Balaban J connectivity index is 2.12. The van der Waals surface area contributed by atoms with E-state index in [4.69, 9.17) is 11.6 Å². The van der Waals surface area contributed by atoms with Crippen molar-refractivity contribution in [1.82, 2.24) is 10.6 Å². The second-order valence-electron chi connectivity index (χ2n) is 5.36. The topological polar surface area (TPSA) is 36.4 Å². The maximum absolute atomic E-state index is 6.00. The quantitative estimate of drug-likeness (QED) is 0.873. The molecule has 20 heavy (non-hydrogen) atoms. The summed E-state index contributed by atoms with van der Waals surface area (Å²) in [4.78, 5) is 4.48. The van der Waals surface area contributed by atoms with Gasteiger partial charge in [0.25, 0.3) is 0 Å². The van der Waals surface area contributed by atoms with Crippen LogP contribution >= 0.6 is 11.6 Å². The Bertz CT molecular complexity index is 449.